The molecule has 4 aromatic rings. The minimum absolute atomic E-state index is 0.584. The number of H-pyrrole nitrogens is 1. The van der Waals surface area contributed by atoms with Crippen LogP contribution in [-0.2, 0) is 0 Å². The van der Waals surface area contributed by atoms with Crippen molar-refractivity contribution in [3.05, 3.63) is 100 Å². The second-order valence-electron chi connectivity index (χ2n) is 6.12. The van der Waals surface area contributed by atoms with Gasteiger partial charge in [-0.3, -0.25) is 0 Å². The van der Waals surface area contributed by atoms with Gasteiger partial charge >= 0.3 is 0 Å². The van der Waals surface area contributed by atoms with Gasteiger partial charge in [-0.15, -0.1) is 0 Å². The third-order valence-electron chi connectivity index (χ3n) is 4.26. The quantitative estimate of drug-likeness (QED) is 0.391. The van der Waals surface area contributed by atoms with E-state index >= 15 is 0 Å². The van der Waals surface area contributed by atoms with Gasteiger partial charge in [0, 0.05) is 16.8 Å². The van der Waals surface area contributed by atoms with Crippen molar-refractivity contribution >= 4 is 35.4 Å². The van der Waals surface area contributed by atoms with Gasteiger partial charge in [-0.05, 0) is 41.0 Å². The maximum absolute atomic E-state index is 6.26. The van der Waals surface area contributed by atoms with Gasteiger partial charge in [-0.2, -0.15) is 0 Å². The summed E-state index contributed by atoms with van der Waals surface area (Å²) in [5.74, 6) is 0.767. The molecule has 1 aromatic heterocycles. The van der Waals surface area contributed by atoms with Gasteiger partial charge in [0.2, 0.25) is 0 Å². The minimum atomic E-state index is 0.584. The Hall–Kier alpha value is -2.81. The van der Waals surface area contributed by atoms with Crippen molar-refractivity contribution in [1.82, 2.24) is 9.97 Å². The van der Waals surface area contributed by atoms with Crippen LogP contribution in [-0.4, -0.2) is 9.97 Å². The minimum Gasteiger partial charge on any atom is -0.344 e. The number of hydrogen-bond donors (Lipinski definition) is 1. The molecule has 0 saturated carbocycles. The fourth-order valence-corrected chi connectivity index (χ4v) is 3.35. The van der Waals surface area contributed by atoms with E-state index in [1.807, 2.05) is 42.6 Å². The molecule has 0 radical (unpaired) electrons. The van der Waals surface area contributed by atoms with Gasteiger partial charge in [0.1, 0.15) is 5.82 Å². The maximum Gasteiger partial charge on any atom is 0.130 e. The number of benzene rings is 3. The van der Waals surface area contributed by atoms with Crippen molar-refractivity contribution in [2.45, 2.75) is 0 Å². The number of imidazole rings is 1. The summed E-state index contributed by atoms with van der Waals surface area (Å²) >= 11 is 12.2. The first-order valence-electron chi connectivity index (χ1n) is 8.53. The second kappa shape index (κ2) is 7.83. The molecule has 1 heterocycles. The molecule has 132 valence electrons. The summed E-state index contributed by atoms with van der Waals surface area (Å²) in [5, 5.41) is 1.19. The van der Waals surface area contributed by atoms with E-state index in [4.69, 9.17) is 23.2 Å². The first-order chi connectivity index (χ1) is 13.2. The van der Waals surface area contributed by atoms with Gasteiger partial charge < -0.3 is 4.98 Å². The molecule has 27 heavy (non-hydrogen) atoms. The SMILES string of the molecule is Clc1ccc(-c2c[nH]c(/C=C/c3ccc(-c4ccccc4)cc3)n2)c(Cl)c1. The van der Waals surface area contributed by atoms with E-state index in [2.05, 4.69) is 46.4 Å². The number of nitrogens with one attached hydrogen (secondary N) is 1. The number of aromatic amines is 1. The van der Waals surface area contributed by atoms with Crippen LogP contribution in [0.15, 0.2) is 79.0 Å². The van der Waals surface area contributed by atoms with Crippen LogP contribution in [0.25, 0.3) is 34.5 Å². The number of nitrogens with zero attached hydrogens (tertiary/aromatic N) is 1. The molecular formula is C23H16Cl2N2. The molecule has 2 nitrogen and oxygen atoms in total. The van der Waals surface area contributed by atoms with Gasteiger partial charge in [0.25, 0.3) is 0 Å². The predicted octanol–water partition coefficient (Wildman–Crippen LogP) is 7.22. The highest BCUT2D eigenvalue weighted by Crippen LogP contribution is 2.29. The number of aromatic nitrogens is 2. The Balaban J connectivity index is 1.51. The van der Waals surface area contributed by atoms with E-state index in [0.717, 1.165) is 22.6 Å². The van der Waals surface area contributed by atoms with Gasteiger partial charge in [0.05, 0.1) is 10.7 Å². The predicted molar refractivity (Wildman–Crippen MR) is 115 cm³/mol. The lowest BCUT2D eigenvalue weighted by Gasteiger charge is -2.01. The Bertz CT molecular complexity index is 1080. The van der Waals surface area contributed by atoms with Crippen molar-refractivity contribution in [3.63, 3.8) is 0 Å². The van der Waals surface area contributed by atoms with E-state index in [1.165, 1.54) is 11.1 Å². The van der Waals surface area contributed by atoms with Crippen molar-refractivity contribution < 1.29 is 0 Å². The van der Waals surface area contributed by atoms with Gasteiger partial charge in [-0.1, -0.05) is 83.9 Å². The average molecular weight is 391 g/mol. The largest absolute Gasteiger partial charge is 0.344 e. The topological polar surface area (TPSA) is 28.7 Å². The molecule has 0 bridgehead atoms. The lowest BCUT2D eigenvalue weighted by atomic mass is 10.0. The van der Waals surface area contributed by atoms with Crippen LogP contribution >= 0.6 is 23.2 Å². The number of hydrogen-bond acceptors (Lipinski definition) is 1. The molecule has 0 amide bonds. The normalized spacial score (nSPS) is 11.2. The molecule has 0 aliphatic heterocycles. The summed E-state index contributed by atoms with van der Waals surface area (Å²) in [6.45, 7) is 0. The molecular weight excluding hydrogens is 375 g/mol. The molecule has 0 spiro atoms. The van der Waals surface area contributed by atoms with Crippen molar-refractivity contribution in [2.24, 2.45) is 0 Å². The van der Waals surface area contributed by atoms with Crippen molar-refractivity contribution in [3.8, 4) is 22.4 Å². The Morgan fingerprint density at radius 1 is 0.778 bits per heavy atom. The Labute approximate surface area is 168 Å². The van der Waals surface area contributed by atoms with Crippen LogP contribution in [0, 0.1) is 0 Å². The molecule has 0 saturated heterocycles. The molecule has 4 heteroatoms. The summed E-state index contributed by atoms with van der Waals surface area (Å²) in [4.78, 5) is 7.75. The molecule has 3 aromatic carbocycles. The summed E-state index contributed by atoms with van der Waals surface area (Å²) < 4.78 is 0. The van der Waals surface area contributed by atoms with E-state index in [9.17, 15) is 0 Å². The highest BCUT2D eigenvalue weighted by molar-refractivity contribution is 6.36. The fourth-order valence-electron chi connectivity index (χ4n) is 2.85. The molecule has 1 N–H and O–H groups in total. The van der Waals surface area contributed by atoms with Crippen molar-refractivity contribution in [2.75, 3.05) is 0 Å². The van der Waals surface area contributed by atoms with Crippen LogP contribution < -0.4 is 0 Å². The van der Waals surface area contributed by atoms with E-state index in [1.54, 1.807) is 12.1 Å². The zero-order valence-corrected chi connectivity index (χ0v) is 15.9. The lowest BCUT2D eigenvalue weighted by molar-refractivity contribution is 1.27. The molecule has 0 aliphatic rings. The maximum atomic E-state index is 6.26. The third-order valence-corrected chi connectivity index (χ3v) is 4.80. The lowest BCUT2D eigenvalue weighted by Crippen LogP contribution is -1.81. The third kappa shape index (κ3) is 4.13. The molecule has 4 rings (SSSR count). The van der Waals surface area contributed by atoms with Crippen LogP contribution in [0.3, 0.4) is 0 Å². The van der Waals surface area contributed by atoms with Gasteiger partial charge in [-0.25, -0.2) is 4.98 Å². The summed E-state index contributed by atoms with van der Waals surface area (Å²) in [5.41, 5.74) is 5.16. The van der Waals surface area contributed by atoms with Crippen LogP contribution in [0.2, 0.25) is 10.0 Å². The smallest absolute Gasteiger partial charge is 0.130 e. The highest BCUT2D eigenvalue weighted by atomic mass is 35.5. The standard InChI is InChI=1S/C23H16Cl2N2/c24-19-11-12-20(21(25)14-19)22-15-26-23(27-22)13-8-16-6-9-18(10-7-16)17-4-2-1-3-5-17/h1-15H,(H,26,27)/b13-8+. The summed E-state index contributed by atoms with van der Waals surface area (Å²) in [6, 6.07) is 24.2. The monoisotopic (exact) mass is 390 g/mol. The Kier molecular flexibility index (Phi) is 5.10. The van der Waals surface area contributed by atoms with E-state index < -0.39 is 0 Å². The zero-order chi connectivity index (χ0) is 18.6. The summed E-state index contributed by atoms with van der Waals surface area (Å²) in [6.07, 6.45) is 5.82. The molecule has 0 atom stereocenters. The Morgan fingerprint density at radius 3 is 2.26 bits per heavy atom. The first-order valence-corrected chi connectivity index (χ1v) is 9.29. The zero-order valence-electron chi connectivity index (χ0n) is 14.4. The number of halogens is 2. The van der Waals surface area contributed by atoms with Gasteiger partial charge in [0.15, 0.2) is 0 Å². The fraction of sp³-hybridized carbons (Fsp3) is 0. The number of rotatable bonds is 4. The van der Waals surface area contributed by atoms with E-state index in [0.29, 0.717) is 10.0 Å². The van der Waals surface area contributed by atoms with E-state index in [-0.39, 0.29) is 0 Å². The molecule has 0 aliphatic carbocycles. The average Bonchev–Trinajstić information content (AvgIpc) is 3.16. The van der Waals surface area contributed by atoms with Crippen LogP contribution in [0.5, 0.6) is 0 Å². The molecule has 0 fully saturated rings. The first kappa shape index (κ1) is 17.6. The van der Waals surface area contributed by atoms with Crippen LogP contribution in [0.1, 0.15) is 11.4 Å². The van der Waals surface area contributed by atoms with Crippen LogP contribution in [0.4, 0.5) is 0 Å². The van der Waals surface area contributed by atoms with Crippen molar-refractivity contribution in [1.29, 1.82) is 0 Å². The Morgan fingerprint density at radius 2 is 1.52 bits per heavy atom. The molecule has 0 unspecified atom stereocenters. The highest BCUT2D eigenvalue weighted by Gasteiger charge is 2.07. The second-order valence-corrected chi connectivity index (χ2v) is 6.96. The summed E-state index contributed by atoms with van der Waals surface area (Å²) in [7, 11) is 0.